The van der Waals surface area contributed by atoms with Crippen molar-refractivity contribution in [1.82, 2.24) is 9.55 Å². The molecule has 0 N–H and O–H groups in total. The van der Waals surface area contributed by atoms with Crippen LogP contribution in [-0.2, 0) is 13.5 Å². The summed E-state index contributed by atoms with van der Waals surface area (Å²) in [6, 6.07) is 8.66. The second-order valence-corrected chi connectivity index (χ2v) is 6.77. The third-order valence-corrected chi connectivity index (χ3v) is 4.91. The lowest BCUT2D eigenvalue weighted by molar-refractivity contribution is -0.388. The molecule has 6 nitrogen and oxygen atoms in total. The minimum Gasteiger partial charge on any atom is -0.358 e. The van der Waals surface area contributed by atoms with E-state index in [1.54, 1.807) is 0 Å². The van der Waals surface area contributed by atoms with E-state index in [0.717, 1.165) is 32.4 Å². The Morgan fingerprint density at radius 2 is 2.00 bits per heavy atom. The minimum absolute atomic E-state index is 0.0222. The van der Waals surface area contributed by atoms with E-state index in [1.807, 2.05) is 18.5 Å². The molecule has 1 aliphatic heterocycles. The Hall–Kier alpha value is -2.37. The van der Waals surface area contributed by atoms with Gasteiger partial charge in [-0.1, -0.05) is 29.8 Å². The summed E-state index contributed by atoms with van der Waals surface area (Å²) in [5.74, 6) is 1.81. The first kappa shape index (κ1) is 16.5. The number of hydrogen-bond donors (Lipinski definition) is 0. The zero-order chi connectivity index (χ0) is 17.3. The predicted molar refractivity (Wildman–Crippen MR) is 94.4 cm³/mol. The van der Waals surface area contributed by atoms with E-state index < -0.39 is 0 Å². The molecule has 3 rings (SSSR count). The van der Waals surface area contributed by atoms with Crippen molar-refractivity contribution in [1.29, 1.82) is 0 Å². The second kappa shape index (κ2) is 6.63. The molecule has 1 aromatic heterocycles. The fourth-order valence-corrected chi connectivity index (χ4v) is 3.54. The molecular formula is C18H24N4O2. The molecule has 2 aromatic rings. The summed E-state index contributed by atoms with van der Waals surface area (Å²) in [7, 11) is 1.86. The molecule has 0 bridgehead atoms. The normalized spacial score (nSPS) is 18.0. The van der Waals surface area contributed by atoms with Crippen LogP contribution in [0.2, 0.25) is 0 Å². The zero-order valence-corrected chi connectivity index (χ0v) is 14.5. The van der Waals surface area contributed by atoms with E-state index in [1.165, 1.54) is 11.1 Å². The average Bonchev–Trinajstić information content (AvgIpc) is 2.86. The lowest BCUT2D eigenvalue weighted by Gasteiger charge is -2.33. The van der Waals surface area contributed by atoms with Gasteiger partial charge in [-0.25, -0.2) is 0 Å². The number of aromatic nitrogens is 2. The smallest absolute Gasteiger partial charge is 0.358 e. The average molecular weight is 328 g/mol. The van der Waals surface area contributed by atoms with Gasteiger partial charge in [0.25, 0.3) is 0 Å². The monoisotopic (exact) mass is 328 g/mol. The summed E-state index contributed by atoms with van der Waals surface area (Å²) < 4.78 is 1.84. The van der Waals surface area contributed by atoms with Crippen LogP contribution >= 0.6 is 0 Å². The van der Waals surface area contributed by atoms with Gasteiger partial charge in [0.2, 0.25) is 11.6 Å². The maximum atomic E-state index is 11.3. The van der Waals surface area contributed by atoms with Crippen molar-refractivity contribution in [3.05, 3.63) is 51.3 Å². The molecule has 0 amide bonds. The number of benzene rings is 1. The molecule has 24 heavy (non-hydrogen) atoms. The molecule has 0 unspecified atom stereocenters. The van der Waals surface area contributed by atoms with Gasteiger partial charge in [0.05, 0.1) is 0 Å². The van der Waals surface area contributed by atoms with Crippen LogP contribution in [0.5, 0.6) is 0 Å². The maximum absolute atomic E-state index is 11.3. The van der Waals surface area contributed by atoms with Crippen LogP contribution in [0.1, 0.15) is 29.8 Å². The van der Waals surface area contributed by atoms with Gasteiger partial charge >= 0.3 is 5.82 Å². The van der Waals surface area contributed by atoms with Crippen LogP contribution in [0.15, 0.2) is 24.3 Å². The van der Waals surface area contributed by atoms with Crippen molar-refractivity contribution in [3.63, 3.8) is 0 Å². The van der Waals surface area contributed by atoms with Crippen LogP contribution < -0.4 is 4.90 Å². The van der Waals surface area contributed by atoms with Crippen molar-refractivity contribution >= 4 is 11.6 Å². The molecule has 0 radical (unpaired) electrons. The summed E-state index contributed by atoms with van der Waals surface area (Å²) in [6.07, 6.45) is 3.23. The molecule has 2 heterocycles. The number of rotatable bonds is 4. The highest BCUT2D eigenvalue weighted by Crippen LogP contribution is 2.32. The molecule has 0 spiro atoms. The SMILES string of the molecule is Cc1ccc(C[C@H]2CCCN(c3c([N+](=O)[O-])nc(C)n3C)C2)cc1. The van der Waals surface area contributed by atoms with Crippen molar-refractivity contribution in [2.24, 2.45) is 13.0 Å². The largest absolute Gasteiger partial charge is 0.406 e. The number of hydrogen-bond acceptors (Lipinski definition) is 4. The predicted octanol–water partition coefficient (Wildman–Crippen LogP) is 3.40. The first-order valence-corrected chi connectivity index (χ1v) is 8.44. The van der Waals surface area contributed by atoms with E-state index in [-0.39, 0.29) is 10.7 Å². The molecular weight excluding hydrogens is 304 g/mol. The Morgan fingerprint density at radius 1 is 1.29 bits per heavy atom. The van der Waals surface area contributed by atoms with Gasteiger partial charge in [0.1, 0.15) is 0 Å². The summed E-state index contributed by atoms with van der Waals surface area (Å²) in [5, 5.41) is 11.3. The molecule has 128 valence electrons. The Bertz CT molecular complexity index is 736. The summed E-state index contributed by atoms with van der Waals surface area (Å²) in [5.41, 5.74) is 2.60. The van der Waals surface area contributed by atoms with Gasteiger partial charge < -0.3 is 15.0 Å². The fourth-order valence-electron chi connectivity index (χ4n) is 3.54. The summed E-state index contributed by atoms with van der Waals surface area (Å²) in [6.45, 7) is 5.60. The van der Waals surface area contributed by atoms with Gasteiger partial charge in [0, 0.05) is 27.1 Å². The van der Waals surface area contributed by atoms with Crippen LogP contribution in [0.4, 0.5) is 11.6 Å². The van der Waals surface area contributed by atoms with E-state index in [4.69, 9.17) is 0 Å². The van der Waals surface area contributed by atoms with Gasteiger partial charge in [-0.2, -0.15) is 0 Å². The zero-order valence-electron chi connectivity index (χ0n) is 14.5. The number of nitrogens with zero attached hydrogens (tertiary/aromatic N) is 4. The number of imidazole rings is 1. The number of anilines is 1. The van der Waals surface area contributed by atoms with E-state index >= 15 is 0 Å². The lowest BCUT2D eigenvalue weighted by Crippen LogP contribution is -2.37. The molecule has 0 saturated carbocycles. The van der Waals surface area contributed by atoms with E-state index in [0.29, 0.717) is 17.6 Å². The van der Waals surface area contributed by atoms with E-state index in [9.17, 15) is 10.1 Å². The fraction of sp³-hybridized carbons (Fsp3) is 0.500. The standard InChI is InChI=1S/C18H24N4O2/c1-13-6-8-15(9-7-13)11-16-5-4-10-21(12-16)18-17(22(23)24)19-14(2)20(18)3/h6-9,16H,4-5,10-12H2,1-3H3/t16-/m1/s1. The van der Waals surface area contributed by atoms with Gasteiger partial charge in [0.15, 0.2) is 0 Å². The Morgan fingerprint density at radius 3 is 2.67 bits per heavy atom. The third kappa shape index (κ3) is 3.27. The van der Waals surface area contributed by atoms with E-state index in [2.05, 4.69) is 41.1 Å². The summed E-state index contributed by atoms with van der Waals surface area (Å²) in [4.78, 5) is 17.2. The van der Waals surface area contributed by atoms with Gasteiger partial charge in [-0.3, -0.25) is 4.57 Å². The highest BCUT2D eigenvalue weighted by molar-refractivity contribution is 5.56. The Balaban J connectivity index is 1.78. The van der Waals surface area contributed by atoms with Crippen molar-refractivity contribution in [2.45, 2.75) is 33.1 Å². The molecule has 1 fully saturated rings. The molecule has 1 atom stereocenters. The van der Waals surface area contributed by atoms with Crippen LogP contribution in [-0.4, -0.2) is 27.6 Å². The van der Waals surface area contributed by atoms with Crippen molar-refractivity contribution in [3.8, 4) is 0 Å². The molecule has 1 saturated heterocycles. The first-order chi connectivity index (χ1) is 11.5. The highest BCUT2D eigenvalue weighted by atomic mass is 16.6. The van der Waals surface area contributed by atoms with Gasteiger partial charge in [-0.05, 0) is 47.6 Å². The van der Waals surface area contributed by atoms with Gasteiger partial charge in [-0.15, -0.1) is 0 Å². The Labute approximate surface area is 142 Å². The number of aryl methyl sites for hydroxylation is 2. The van der Waals surface area contributed by atoms with Crippen LogP contribution in [0.25, 0.3) is 0 Å². The highest BCUT2D eigenvalue weighted by Gasteiger charge is 2.31. The molecule has 1 aromatic carbocycles. The van der Waals surface area contributed by atoms with Crippen molar-refractivity contribution < 1.29 is 4.92 Å². The minimum atomic E-state index is -0.369. The third-order valence-electron chi connectivity index (χ3n) is 4.91. The van der Waals surface area contributed by atoms with Crippen LogP contribution in [0, 0.1) is 29.9 Å². The van der Waals surface area contributed by atoms with Crippen molar-refractivity contribution in [2.75, 3.05) is 18.0 Å². The van der Waals surface area contributed by atoms with Crippen LogP contribution in [0.3, 0.4) is 0 Å². The quantitative estimate of drug-likeness (QED) is 0.637. The first-order valence-electron chi connectivity index (χ1n) is 8.44. The molecule has 1 aliphatic rings. The molecule has 0 aliphatic carbocycles. The number of piperidine rings is 1. The Kier molecular flexibility index (Phi) is 4.55. The topological polar surface area (TPSA) is 64.2 Å². The molecule has 6 heteroatoms. The maximum Gasteiger partial charge on any atom is 0.406 e. The second-order valence-electron chi connectivity index (χ2n) is 6.77. The lowest BCUT2D eigenvalue weighted by atomic mass is 9.91. The number of nitro groups is 1. The summed E-state index contributed by atoms with van der Waals surface area (Å²) >= 11 is 0.